The molecule has 1 aliphatic heterocycles. The lowest BCUT2D eigenvalue weighted by atomic mass is 10.1. The molecule has 4 nitrogen and oxygen atoms in total. The van der Waals surface area contributed by atoms with Gasteiger partial charge in [-0.3, -0.25) is 4.98 Å². The van der Waals surface area contributed by atoms with E-state index in [2.05, 4.69) is 11.1 Å². The van der Waals surface area contributed by atoms with Crippen molar-refractivity contribution < 1.29 is 9.47 Å². The molecule has 1 radical (unpaired) electrons. The minimum Gasteiger partial charge on any atom is -0.454 e. The summed E-state index contributed by atoms with van der Waals surface area (Å²) in [5.74, 6) is 1.42. The van der Waals surface area contributed by atoms with Gasteiger partial charge in [-0.05, 0) is 18.2 Å². The van der Waals surface area contributed by atoms with Gasteiger partial charge in [0.2, 0.25) is 6.79 Å². The fourth-order valence-electron chi connectivity index (χ4n) is 1.71. The number of hydrogen-bond acceptors (Lipinski definition) is 4. The number of hydrogen-bond donors (Lipinski definition) is 1. The van der Waals surface area contributed by atoms with Gasteiger partial charge in [-0.2, -0.15) is 0 Å². The molecular weight excluding hydrogens is 204 g/mol. The number of benzene rings is 1. The summed E-state index contributed by atoms with van der Waals surface area (Å²) in [6.07, 6.45) is 1.65. The van der Waals surface area contributed by atoms with Crippen LogP contribution in [-0.2, 0) is 0 Å². The van der Waals surface area contributed by atoms with Crippen molar-refractivity contribution in [2.24, 2.45) is 0 Å². The third kappa shape index (κ3) is 1.27. The summed E-state index contributed by atoms with van der Waals surface area (Å²) in [6, 6.07) is 10.2. The van der Waals surface area contributed by atoms with Crippen LogP contribution in [0, 0.1) is 6.07 Å². The maximum Gasteiger partial charge on any atom is 0.231 e. The Morgan fingerprint density at radius 3 is 3.12 bits per heavy atom. The number of para-hydroxylation sites is 1. The summed E-state index contributed by atoms with van der Waals surface area (Å²) < 4.78 is 10.7. The van der Waals surface area contributed by atoms with E-state index >= 15 is 0 Å². The molecule has 0 atom stereocenters. The van der Waals surface area contributed by atoms with Gasteiger partial charge in [-0.25, -0.2) is 0 Å². The Bertz CT molecular complexity index is 540. The van der Waals surface area contributed by atoms with Crippen LogP contribution in [0.15, 0.2) is 30.5 Å². The third-order valence-corrected chi connectivity index (χ3v) is 2.42. The predicted molar refractivity (Wildman–Crippen MR) is 59.0 cm³/mol. The molecule has 1 aromatic heterocycles. The maximum atomic E-state index is 5.83. The minimum absolute atomic E-state index is 0.239. The molecule has 4 heteroatoms. The van der Waals surface area contributed by atoms with Gasteiger partial charge < -0.3 is 15.2 Å². The van der Waals surface area contributed by atoms with E-state index in [1.54, 1.807) is 12.3 Å². The molecule has 79 valence electrons. The predicted octanol–water partition coefficient (Wildman–Crippen LogP) is 1.86. The number of anilines is 1. The molecule has 2 aromatic rings. The highest BCUT2D eigenvalue weighted by molar-refractivity contribution is 5.79. The van der Waals surface area contributed by atoms with Crippen LogP contribution in [0.25, 0.3) is 11.3 Å². The Balaban J connectivity index is 2.21. The molecule has 3 rings (SSSR count). The van der Waals surface area contributed by atoms with Crippen LogP contribution in [0.3, 0.4) is 0 Å². The summed E-state index contributed by atoms with van der Waals surface area (Å²) in [4.78, 5) is 4.23. The number of ether oxygens (including phenoxy) is 2. The molecule has 0 saturated heterocycles. The molecule has 16 heavy (non-hydrogen) atoms. The number of pyridine rings is 1. The zero-order chi connectivity index (χ0) is 11.0. The maximum absolute atomic E-state index is 5.83. The first kappa shape index (κ1) is 9.03. The van der Waals surface area contributed by atoms with Crippen LogP contribution in [-0.4, -0.2) is 11.8 Å². The lowest BCUT2D eigenvalue weighted by Crippen LogP contribution is -1.96. The second-order valence-corrected chi connectivity index (χ2v) is 3.39. The molecule has 2 heterocycles. The highest BCUT2D eigenvalue weighted by Gasteiger charge is 2.19. The highest BCUT2D eigenvalue weighted by atomic mass is 16.7. The fraction of sp³-hybridized carbons (Fsp3) is 0.0833. The standard InChI is InChI=1S/C12H9N2O2/c13-9-4-2-6-14-11(9)8-3-1-5-10-12(8)16-7-15-10/h1-3,5-6H,7,13H2. The average molecular weight is 213 g/mol. The normalized spacial score (nSPS) is 12.8. The number of aromatic nitrogens is 1. The van der Waals surface area contributed by atoms with E-state index in [0.29, 0.717) is 17.1 Å². The van der Waals surface area contributed by atoms with Crippen LogP contribution in [0.5, 0.6) is 11.5 Å². The number of fused-ring (bicyclic) bond motifs is 1. The monoisotopic (exact) mass is 213 g/mol. The molecule has 0 aliphatic carbocycles. The van der Waals surface area contributed by atoms with Crippen molar-refractivity contribution in [2.45, 2.75) is 0 Å². The largest absolute Gasteiger partial charge is 0.454 e. The lowest BCUT2D eigenvalue weighted by molar-refractivity contribution is 0.174. The van der Waals surface area contributed by atoms with Crippen molar-refractivity contribution in [3.8, 4) is 22.8 Å². The number of rotatable bonds is 1. The van der Waals surface area contributed by atoms with Gasteiger partial charge in [-0.1, -0.05) is 6.07 Å². The first-order valence-corrected chi connectivity index (χ1v) is 4.87. The summed E-state index contributed by atoms with van der Waals surface area (Å²) in [5, 5.41) is 0. The van der Waals surface area contributed by atoms with Crippen LogP contribution in [0.1, 0.15) is 0 Å². The summed E-state index contributed by atoms with van der Waals surface area (Å²) in [7, 11) is 0. The SMILES string of the molecule is Nc1[c]ccnc1-c1cccc2c1OCO2. The number of nitrogens with two attached hydrogens (primary N) is 1. The van der Waals surface area contributed by atoms with E-state index in [1.807, 2.05) is 18.2 Å². The van der Waals surface area contributed by atoms with Gasteiger partial charge in [0.15, 0.2) is 11.5 Å². The van der Waals surface area contributed by atoms with Gasteiger partial charge in [0.05, 0.1) is 11.4 Å². The van der Waals surface area contributed by atoms with Crippen molar-refractivity contribution in [2.75, 3.05) is 12.5 Å². The molecule has 1 aliphatic rings. The fourth-order valence-corrected chi connectivity index (χ4v) is 1.71. The second kappa shape index (κ2) is 3.41. The molecular formula is C12H9N2O2. The topological polar surface area (TPSA) is 57.4 Å². The Labute approximate surface area is 92.6 Å². The highest BCUT2D eigenvalue weighted by Crippen LogP contribution is 2.41. The van der Waals surface area contributed by atoms with Gasteiger partial charge in [-0.15, -0.1) is 0 Å². The molecule has 0 fully saturated rings. The smallest absolute Gasteiger partial charge is 0.231 e. The second-order valence-electron chi connectivity index (χ2n) is 3.39. The van der Waals surface area contributed by atoms with Crippen molar-refractivity contribution in [1.29, 1.82) is 0 Å². The Hall–Kier alpha value is -2.23. The Kier molecular flexibility index (Phi) is 1.93. The summed E-state index contributed by atoms with van der Waals surface area (Å²) >= 11 is 0. The molecule has 0 unspecified atom stereocenters. The van der Waals surface area contributed by atoms with E-state index in [-0.39, 0.29) is 6.79 Å². The van der Waals surface area contributed by atoms with Gasteiger partial charge in [0.1, 0.15) is 0 Å². The number of nitrogen functional groups attached to an aromatic ring is 1. The van der Waals surface area contributed by atoms with E-state index in [0.717, 1.165) is 11.3 Å². The van der Waals surface area contributed by atoms with Crippen molar-refractivity contribution >= 4 is 5.69 Å². The number of nitrogens with zero attached hydrogens (tertiary/aromatic N) is 1. The van der Waals surface area contributed by atoms with Gasteiger partial charge in [0, 0.05) is 17.8 Å². The van der Waals surface area contributed by atoms with Crippen LogP contribution in [0.4, 0.5) is 5.69 Å². The van der Waals surface area contributed by atoms with Crippen LogP contribution >= 0.6 is 0 Å². The molecule has 1 aromatic carbocycles. The summed E-state index contributed by atoms with van der Waals surface area (Å²) in [6.45, 7) is 0.239. The third-order valence-electron chi connectivity index (χ3n) is 2.42. The van der Waals surface area contributed by atoms with Crippen molar-refractivity contribution in [3.05, 3.63) is 36.5 Å². The molecule has 0 bridgehead atoms. The lowest BCUT2D eigenvalue weighted by Gasteiger charge is -2.06. The van der Waals surface area contributed by atoms with Crippen LogP contribution < -0.4 is 15.2 Å². The zero-order valence-corrected chi connectivity index (χ0v) is 8.43. The molecule has 0 spiro atoms. The van der Waals surface area contributed by atoms with Gasteiger partial charge in [0.25, 0.3) is 0 Å². The van der Waals surface area contributed by atoms with E-state index < -0.39 is 0 Å². The first-order valence-electron chi connectivity index (χ1n) is 4.87. The molecule has 0 saturated carbocycles. The minimum atomic E-state index is 0.239. The van der Waals surface area contributed by atoms with E-state index in [9.17, 15) is 0 Å². The Morgan fingerprint density at radius 1 is 1.31 bits per heavy atom. The zero-order valence-electron chi connectivity index (χ0n) is 8.43. The van der Waals surface area contributed by atoms with E-state index in [1.165, 1.54) is 0 Å². The van der Waals surface area contributed by atoms with Crippen LogP contribution in [0.2, 0.25) is 0 Å². The first-order chi connectivity index (χ1) is 7.86. The Morgan fingerprint density at radius 2 is 2.25 bits per heavy atom. The average Bonchev–Trinajstić information content (AvgIpc) is 2.77. The van der Waals surface area contributed by atoms with E-state index in [4.69, 9.17) is 15.2 Å². The molecule has 2 N–H and O–H groups in total. The van der Waals surface area contributed by atoms with Gasteiger partial charge >= 0.3 is 0 Å². The van der Waals surface area contributed by atoms with Crippen molar-refractivity contribution in [1.82, 2.24) is 4.98 Å². The quantitative estimate of drug-likeness (QED) is 0.785. The molecule has 0 amide bonds. The summed E-state index contributed by atoms with van der Waals surface area (Å²) in [5.41, 5.74) is 7.85. The van der Waals surface area contributed by atoms with Crippen molar-refractivity contribution in [3.63, 3.8) is 0 Å².